The van der Waals surface area contributed by atoms with E-state index in [9.17, 15) is 0 Å². The zero-order valence-electron chi connectivity index (χ0n) is 15.7. The quantitative estimate of drug-likeness (QED) is 0.485. The van der Waals surface area contributed by atoms with Crippen LogP contribution in [0.25, 0.3) is 0 Å². The maximum atomic E-state index is 6.63. The van der Waals surface area contributed by atoms with Crippen LogP contribution < -0.4 is 5.30 Å². The fourth-order valence-corrected chi connectivity index (χ4v) is 11.7. The number of hydrogen-bond donors (Lipinski definition) is 0. The van der Waals surface area contributed by atoms with E-state index in [-0.39, 0.29) is 16.6 Å². The monoisotopic (exact) mass is 468 g/mol. The molecule has 0 spiro atoms. The Hall–Kier alpha value is 0.609. The molecule has 1 heterocycles. The van der Waals surface area contributed by atoms with Crippen molar-refractivity contribution in [1.82, 2.24) is 0 Å². The average Bonchev–Trinajstić information content (AvgIpc) is 2.64. The van der Waals surface area contributed by atoms with Gasteiger partial charge in [0.05, 0.1) is 0 Å². The predicted molar refractivity (Wildman–Crippen MR) is 103 cm³/mol. The average molecular weight is 466 g/mol. The van der Waals surface area contributed by atoms with Crippen molar-refractivity contribution in [2.24, 2.45) is 0 Å². The summed E-state index contributed by atoms with van der Waals surface area (Å²) in [6, 6.07) is 4.72. The van der Waals surface area contributed by atoms with Crippen molar-refractivity contribution in [1.29, 1.82) is 0 Å². The van der Waals surface area contributed by atoms with Crippen molar-refractivity contribution in [3.05, 3.63) is 28.8 Å². The third-order valence-corrected chi connectivity index (χ3v) is 18.0. The van der Waals surface area contributed by atoms with E-state index in [2.05, 4.69) is 81.5 Å². The van der Waals surface area contributed by atoms with Gasteiger partial charge in [0.15, 0.2) is 0 Å². The summed E-state index contributed by atoms with van der Waals surface area (Å²) in [6.07, 6.45) is 0. The Morgan fingerprint density at radius 2 is 1.74 bits per heavy atom. The first-order valence-corrected chi connectivity index (χ1v) is 15.8. The first kappa shape index (κ1) is 19.9. The third kappa shape index (κ3) is 3.47. The third-order valence-electron chi connectivity index (χ3n) is 4.65. The molecule has 0 radical (unpaired) electrons. The summed E-state index contributed by atoms with van der Waals surface area (Å²) >= 11 is 3.87. The molecule has 0 aromatic heterocycles. The topological polar surface area (TPSA) is 18.5 Å². The van der Waals surface area contributed by atoms with Crippen molar-refractivity contribution in [3.8, 4) is 0 Å². The Balaban J connectivity index is 2.92. The van der Waals surface area contributed by atoms with Crippen LogP contribution in [0.1, 0.15) is 65.2 Å². The summed E-state index contributed by atoms with van der Waals surface area (Å²) < 4.78 is 10.8. The van der Waals surface area contributed by atoms with Crippen LogP contribution in [0.15, 0.2) is 12.1 Å². The molecule has 0 saturated heterocycles. The van der Waals surface area contributed by atoms with Crippen LogP contribution in [-0.4, -0.2) is 36.7 Å². The molecule has 0 saturated carbocycles. The second-order valence-corrected chi connectivity index (χ2v) is 22.4. The van der Waals surface area contributed by atoms with Crippen LogP contribution in [0.5, 0.6) is 0 Å². The van der Waals surface area contributed by atoms with E-state index in [1.54, 1.807) is 7.11 Å². The van der Waals surface area contributed by atoms with Crippen molar-refractivity contribution in [3.63, 3.8) is 0 Å². The number of rotatable bonds is 3. The van der Waals surface area contributed by atoms with Crippen LogP contribution >= 0.6 is 4.43 Å². The van der Waals surface area contributed by atoms with Gasteiger partial charge in [0.2, 0.25) is 0 Å². The second kappa shape index (κ2) is 6.10. The summed E-state index contributed by atoms with van der Waals surface area (Å²) in [5, 5.41) is 1.41. The molecule has 0 bridgehead atoms. The molecule has 130 valence electrons. The van der Waals surface area contributed by atoms with Gasteiger partial charge in [-0.05, 0) is 0 Å². The Labute approximate surface area is 155 Å². The van der Waals surface area contributed by atoms with Crippen LogP contribution in [0.3, 0.4) is 0 Å². The number of benzene rings is 1. The van der Waals surface area contributed by atoms with E-state index in [0.29, 0.717) is 14.5 Å². The molecule has 1 aliphatic rings. The first-order chi connectivity index (χ1) is 10.3. The van der Waals surface area contributed by atoms with E-state index in [1.807, 2.05) is 0 Å². The Morgan fingerprint density at radius 1 is 1.17 bits per heavy atom. The molecule has 5 heteroatoms. The van der Waals surface area contributed by atoms with Crippen molar-refractivity contribution in [2.75, 3.05) is 7.11 Å². The number of ether oxygens (including phenoxy) is 1. The molecule has 1 unspecified atom stereocenters. The predicted octanol–water partition coefficient (Wildman–Crippen LogP) is 4.44. The van der Waals surface area contributed by atoms with Crippen molar-refractivity contribution < 1.29 is 9.26 Å². The van der Waals surface area contributed by atoms with E-state index >= 15 is 0 Å². The van der Waals surface area contributed by atoms with Gasteiger partial charge in [-0.1, -0.05) is 0 Å². The van der Waals surface area contributed by atoms with E-state index in [0.717, 1.165) is 0 Å². The molecule has 2 rings (SSSR count). The normalized spacial score (nSPS) is 23.9. The van der Waals surface area contributed by atoms with Crippen LogP contribution in [-0.2, 0) is 25.9 Å². The standard InChI is InChI=1S/C18H29O2PSe2/c1-16(2,3)12-10-13(17(4,5)19-8)15-14(11-12)18(6,7)20-21(15,22)23-9/h10-11H,1-9H3. The fraction of sp³-hybridized carbons (Fsp3) is 0.667. The SMILES string of the molecule is COC(C)(C)c1cc(C(C)(C)C)cc2c1P(=[Se])([Se]C)OC2(C)C. The number of methoxy groups -OCH3 is 1. The van der Waals surface area contributed by atoms with E-state index < -0.39 is 4.43 Å². The van der Waals surface area contributed by atoms with E-state index in [1.165, 1.54) is 22.0 Å². The summed E-state index contributed by atoms with van der Waals surface area (Å²) in [5.74, 6) is 2.28. The Morgan fingerprint density at radius 3 is 2.17 bits per heavy atom. The van der Waals surface area contributed by atoms with Crippen LogP contribution in [0.4, 0.5) is 0 Å². The second-order valence-electron chi connectivity index (χ2n) is 8.17. The van der Waals surface area contributed by atoms with Gasteiger partial charge in [-0.15, -0.1) is 0 Å². The number of fused-ring (bicyclic) bond motifs is 1. The Kier molecular flexibility index (Phi) is 5.28. The molecule has 2 nitrogen and oxygen atoms in total. The van der Waals surface area contributed by atoms with Gasteiger partial charge >= 0.3 is 155 Å². The summed E-state index contributed by atoms with van der Waals surface area (Å²) in [4.78, 5) is 0. The molecular formula is C18H29O2PSe2. The Bertz CT molecular complexity index is 672. The van der Waals surface area contributed by atoms with Gasteiger partial charge in [-0.2, -0.15) is 0 Å². The molecule has 1 atom stereocenters. The van der Waals surface area contributed by atoms with Gasteiger partial charge in [-0.3, -0.25) is 0 Å². The fourth-order valence-electron chi connectivity index (χ4n) is 2.91. The molecular weight excluding hydrogens is 437 g/mol. The molecule has 0 fully saturated rings. The molecule has 1 aromatic carbocycles. The van der Waals surface area contributed by atoms with Gasteiger partial charge in [0, 0.05) is 0 Å². The summed E-state index contributed by atoms with van der Waals surface area (Å²) in [5.41, 5.74) is 3.53. The van der Waals surface area contributed by atoms with Gasteiger partial charge in [-0.25, -0.2) is 0 Å². The molecule has 23 heavy (non-hydrogen) atoms. The molecule has 1 aliphatic heterocycles. The first-order valence-electron chi connectivity index (χ1n) is 7.90. The minimum absolute atomic E-state index is 0.0994. The molecule has 0 aliphatic carbocycles. The summed E-state index contributed by atoms with van der Waals surface area (Å²) in [6.45, 7) is 15.5. The van der Waals surface area contributed by atoms with Gasteiger partial charge in [0.25, 0.3) is 0 Å². The molecule has 1 aromatic rings. The number of hydrogen-bond acceptors (Lipinski definition) is 2. The van der Waals surface area contributed by atoms with Crippen molar-refractivity contribution in [2.45, 2.75) is 70.9 Å². The van der Waals surface area contributed by atoms with Crippen molar-refractivity contribution >= 4 is 39.3 Å². The van der Waals surface area contributed by atoms with Crippen LogP contribution in [0.2, 0.25) is 5.82 Å². The van der Waals surface area contributed by atoms with Gasteiger partial charge < -0.3 is 0 Å². The molecule has 0 amide bonds. The zero-order valence-corrected chi connectivity index (χ0v) is 20.1. The zero-order chi connectivity index (χ0) is 17.8. The summed E-state index contributed by atoms with van der Waals surface area (Å²) in [7, 11) is 1.80. The van der Waals surface area contributed by atoms with E-state index in [4.69, 9.17) is 9.26 Å². The maximum absolute atomic E-state index is 6.63. The van der Waals surface area contributed by atoms with Gasteiger partial charge in [0.1, 0.15) is 0 Å². The van der Waals surface area contributed by atoms with Crippen LogP contribution in [0, 0.1) is 0 Å². The minimum atomic E-state index is -1.67. The molecule has 0 N–H and O–H groups in total.